The molecule has 0 spiro atoms. The molecule has 1 unspecified atom stereocenters. The van der Waals surface area contributed by atoms with Crippen LogP contribution in [0.5, 0.6) is 0 Å². The highest BCUT2D eigenvalue weighted by atomic mass is 32.2. The van der Waals surface area contributed by atoms with Crippen LogP contribution in [0.4, 0.5) is 0 Å². The molecule has 0 aliphatic carbocycles. The number of nitrogens with two attached hydrogens (primary N) is 1. The van der Waals surface area contributed by atoms with Gasteiger partial charge in [0.05, 0.1) is 0 Å². The zero-order valence-corrected chi connectivity index (χ0v) is 11.6. The van der Waals surface area contributed by atoms with Gasteiger partial charge in [-0.25, -0.2) is 0 Å². The van der Waals surface area contributed by atoms with E-state index in [9.17, 15) is 0 Å². The Labute approximate surface area is 104 Å². The van der Waals surface area contributed by atoms with E-state index in [-0.39, 0.29) is 5.54 Å². The SMILES string of the molecule is CC1(C)CCSCC1(CN)N1CCCCC1. The molecule has 2 fully saturated rings. The van der Waals surface area contributed by atoms with Gasteiger partial charge in [0.2, 0.25) is 0 Å². The van der Waals surface area contributed by atoms with Gasteiger partial charge in [0.25, 0.3) is 0 Å². The standard InChI is InChI=1S/C13H26N2S/c1-12(2)6-9-16-11-13(12,10-14)15-7-4-3-5-8-15/h3-11,14H2,1-2H3. The molecular weight excluding hydrogens is 216 g/mol. The van der Waals surface area contributed by atoms with E-state index in [2.05, 4.69) is 30.5 Å². The fraction of sp³-hybridized carbons (Fsp3) is 1.00. The molecule has 0 aromatic carbocycles. The lowest BCUT2D eigenvalue weighted by Crippen LogP contribution is -2.66. The average molecular weight is 242 g/mol. The summed E-state index contributed by atoms with van der Waals surface area (Å²) in [5.41, 5.74) is 6.83. The normalized spacial score (nSPS) is 36.2. The third-order valence-corrected chi connectivity index (χ3v) is 5.95. The fourth-order valence-corrected chi connectivity index (χ4v) is 5.13. The molecule has 2 aliphatic heterocycles. The highest BCUT2D eigenvalue weighted by Crippen LogP contribution is 2.46. The summed E-state index contributed by atoms with van der Waals surface area (Å²) >= 11 is 2.10. The molecule has 2 aliphatic rings. The maximum absolute atomic E-state index is 6.19. The zero-order valence-electron chi connectivity index (χ0n) is 10.8. The first-order chi connectivity index (χ1) is 7.62. The predicted octanol–water partition coefficient (Wildman–Crippen LogP) is 2.33. The van der Waals surface area contributed by atoms with Crippen molar-refractivity contribution in [3.8, 4) is 0 Å². The Morgan fingerprint density at radius 2 is 1.88 bits per heavy atom. The number of piperidine rings is 1. The van der Waals surface area contributed by atoms with Crippen molar-refractivity contribution in [3.63, 3.8) is 0 Å². The van der Waals surface area contributed by atoms with Gasteiger partial charge in [-0.3, -0.25) is 4.90 Å². The van der Waals surface area contributed by atoms with Crippen molar-refractivity contribution in [2.24, 2.45) is 11.1 Å². The van der Waals surface area contributed by atoms with Gasteiger partial charge < -0.3 is 5.73 Å². The first kappa shape index (κ1) is 12.7. The van der Waals surface area contributed by atoms with E-state index < -0.39 is 0 Å². The van der Waals surface area contributed by atoms with Crippen LogP contribution in [0.25, 0.3) is 0 Å². The van der Waals surface area contributed by atoms with Crippen LogP contribution in [0.2, 0.25) is 0 Å². The van der Waals surface area contributed by atoms with Crippen LogP contribution in [0.15, 0.2) is 0 Å². The van der Waals surface area contributed by atoms with Crippen molar-refractivity contribution in [1.29, 1.82) is 0 Å². The van der Waals surface area contributed by atoms with Crippen LogP contribution in [-0.2, 0) is 0 Å². The van der Waals surface area contributed by atoms with E-state index in [1.54, 1.807) is 0 Å². The van der Waals surface area contributed by atoms with Crippen molar-refractivity contribution in [3.05, 3.63) is 0 Å². The number of rotatable bonds is 2. The first-order valence-electron chi connectivity index (χ1n) is 6.65. The van der Waals surface area contributed by atoms with Gasteiger partial charge in [-0.15, -0.1) is 0 Å². The van der Waals surface area contributed by atoms with Gasteiger partial charge >= 0.3 is 0 Å². The summed E-state index contributed by atoms with van der Waals surface area (Å²) in [6.45, 7) is 8.21. The summed E-state index contributed by atoms with van der Waals surface area (Å²) in [6.07, 6.45) is 5.45. The molecule has 0 saturated carbocycles. The highest BCUT2D eigenvalue weighted by molar-refractivity contribution is 7.99. The van der Waals surface area contributed by atoms with Crippen LogP contribution in [0.3, 0.4) is 0 Å². The molecule has 2 nitrogen and oxygen atoms in total. The molecule has 2 N–H and O–H groups in total. The molecule has 2 rings (SSSR count). The molecule has 0 bridgehead atoms. The van der Waals surface area contributed by atoms with E-state index in [0.29, 0.717) is 5.41 Å². The number of thioether (sulfide) groups is 1. The van der Waals surface area contributed by atoms with Crippen LogP contribution < -0.4 is 5.73 Å². The van der Waals surface area contributed by atoms with Gasteiger partial charge in [-0.05, 0) is 43.5 Å². The summed E-state index contributed by atoms with van der Waals surface area (Å²) in [7, 11) is 0. The van der Waals surface area contributed by atoms with E-state index >= 15 is 0 Å². The first-order valence-corrected chi connectivity index (χ1v) is 7.81. The average Bonchev–Trinajstić information content (AvgIpc) is 2.30. The Kier molecular flexibility index (Phi) is 3.87. The predicted molar refractivity (Wildman–Crippen MR) is 72.9 cm³/mol. The smallest absolute Gasteiger partial charge is 0.0472 e. The number of hydrogen-bond donors (Lipinski definition) is 1. The molecule has 3 heteroatoms. The van der Waals surface area contributed by atoms with Gasteiger partial charge in [-0.2, -0.15) is 11.8 Å². The molecule has 1 atom stereocenters. The van der Waals surface area contributed by atoms with Crippen LogP contribution in [-0.4, -0.2) is 41.6 Å². The summed E-state index contributed by atoms with van der Waals surface area (Å²) < 4.78 is 0. The molecule has 2 heterocycles. The Morgan fingerprint density at radius 1 is 1.19 bits per heavy atom. The van der Waals surface area contributed by atoms with E-state index in [4.69, 9.17) is 5.73 Å². The minimum Gasteiger partial charge on any atom is -0.329 e. The monoisotopic (exact) mass is 242 g/mol. The third kappa shape index (κ3) is 2.02. The van der Waals surface area contributed by atoms with Gasteiger partial charge in [0.1, 0.15) is 0 Å². The summed E-state index contributed by atoms with van der Waals surface area (Å²) in [6, 6.07) is 0. The number of hydrogen-bond acceptors (Lipinski definition) is 3. The van der Waals surface area contributed by atoms with E-state index in [1.165, 1.54) is 50.3 Å². The summed E-state index contributed by atoms with van der Waals surface area (Å²) in [5.74, 6) is 2.54. The molecule has 94 valence electrons. The lowest BCUT2D eigenvalue weighted by Gasteiger charge is -2.56. The van der Waals surface area contributed by atoms with Gasteiger partial charge in [0, 0.05) is 17.8 Å². The fourth-order valence-electron chi connectivity index (χ4n) is 3.30. The second kappa shape index (κ2) is 4.87. The number of likely N-dealkylation sites (tertiary alicyclic amines) is 1. The molecule has 0 aromatic rings. The Morgan fingerprint density at radius 3 is 2.44 bits per heavy atom. The Hall–Kier alpha value is 0.270. The topological polar surface area (TPSA) is 29.3 Å². The second-order valence-corrected chi connectivity index (χ2v) is 7.08. The largest absolute Gasteiger partial charge is 0.329 e. The zero-order chi connectivity index (χ0) is 11.6. The maximum atomic E-state index is 6.19. The van der Waals surface area contributed by atoms with Crippen molar-refractivity contribution in [1.82, 2.24) is 4.90 Å². The minimum atomic E-state index is 0.260. The van der Waals surface area contributed by atoms with Crippen LogP contribution >= 0.6 is 11.8 Å². The minimum absolute atomic E-state index is 0.260. The lowest BCUT2D eigenvalue weighted by molar-refractivity contribution is -0.0104. The van der Waals surface area contributed by atoms with Gasteiger partial charge in [-0.1, -0.05) is 20.3 Å². The molecule has 2 saturated heterocycles. The van der Waals surface area contributed by atoms with Crippen molar-refractivity contribution >= 4 is 11.8 Å². The lowest BCUT2D eigenvalue weighted by atomic mass is 9.69. The maximum Gasteiger partial charge on any atom is 0.0472 e. The molecular formula is C13H26N2S. The highest BCUT2D eigenvalue weighted by Gasteiger charge is 2.49. The van der Waals surface area contributed by atoms with Crippen LogP contribution in [0, 0.1) is 5.41 Å². The van der Waals surface area contributed by atoms with Crippen LogP contribution in [0.1, 0.15) is 39.5 Å². The molecule has 0 radical (unpaired) electrons. The Bertz CT molecular complexity index is 236. The molecule has 0 amide bonds. The Balaban J connectivity index is 2.21. The van der Waals surface area contributed by atoms with E-state index in [0.717, 1.165) is 6.54 Å². The molecule has 0 aromatic heterocycles. The van der Waals surface area contributed by atoms with Crippen molar-refractivity contribution in [2.45, 2.75) is 45.1 Å². The van der Waals surface area contributed by atoms with Crippen molar-refractivity contribution < 1.29 is 0 Å². The quantitative estimate of drug-likeness (QED) is 0.806. The summed E-state index contributed by atoms with van der Waals surface area (Å²) in [4.78, 5) is 2.71. The third-order valence-electron chi connectivity index (χ3n) is 4.77. The summed E-state index contributed by atoms with van der Waals surface area (Å²) in [5, 5.41) is 0. The second-order valence-electron chi connectivity index (χ2n) is 5.97. The van der Waals surface area contributed by atoms with Crippen molar-refractivity contribution in [2.75, 3.05) is 31.1 Å². The molecule has 16 heavy (non-hydrogen) atoms. The van der Waals surface area contributed by atoms with E-state index in [1.807, 2.05) is 0 Å². The number of nitrogens with zero attached hydrogens (tertiary/aromatic N) is 1. The van der Waals surface area contributed by atoms with Gasteiger partial charge in [0.15, 0.2) is 0 Å².